The Morgan fingerprint density at radius 1 is 1.06 bits per heavy atom. The minimum atomic E-state index is -0.350. The second kappa shape index (κ2) is 7.48. The van der Waals surface area contributed by atoms with E-state index in [1.54, 1.807) is 26.0 Å². The van der Waals surface area contributed by atoms with Crippen LogP contribution in [0.1, 0.15) is 36.2 Å². The zero-order valence-corrected chi connectivity index (χ0v) is 10.8. The Bertz CT molecular complexity index is 412. The second-order valence-electron chi connectivity index (χ2n) is 3.68. The molecule has 0 bridgehead atoms. The number of carbonyl (C=O) groups is 2. The molecule has 1 aromatic carbocycles. The van der Waals surface area contributed by atoms with E-state index in [9.17, 15) is 9.59 Å². The van der Waals surface area contributed by atoms with E-state index < -0.39 is 0 Å². The quantitative estimate of drug-likeness (QED) is 0.727. The fourth-order valence-corrected chi connectivity index (χ4v) is 1.62. The monoisotopic (exact) mass is 250 g/mol. The third-order valence-electron chi connectivity index (χ3n) is 2.42. The van der Waals surface area contributed by atoms with Gasteiger partial charge < -0.3 is 9.47 Å². The molecule has 1 aromatic rings. The van der Waals surface area contributed by atoms with Gasteiger partial charge in [-0.05, 0) is 31.9 Å². The zero-order valence-electron chi connectivity index (χ0n) is 10.8. The number of ether oxygens (including phenoxy) is 2. The number of hydrogen-bond donors (Lipinski definition) is 0. The molecule has 0 spiro atoms. The van der Waals surface area contributed by atoms with E-state index in [1.807, 2.05) is 12.1 Å². The second-order valence-corrected chi connectivity index (χ2v) is 3.68. The molecule has 18 heavy (non-hydrogen) atoms. The van der Waals surface area contributed by atoms with Crippen molar-refractivity contribution >= 4 is 11.9 Å². The highest BCUT2D eigenvalue weighted by Gasteiger charge is 2.12. The van der Waals surface area contributed by atoms with Gasteiger partial charge in [-0.25, -0.2) is 4.79 Å². The standard InChI is InChI=1S/C14H18O4/c1-3-17-13(15)10-9-11-7-5-6-8-12(11)14(16)18-4-2/h5-8H,3-4,9-10H2,1-2H3. The lowest BCUT2D eigenvalue weighted by molar-refractivity contribution is -0.143. The summed E-state index contributed by atoms with van der Waals surface area (Å²) < 4.78 is 9.82. The van der Waals surface area contributed by atoms with Crippen molar-refractivity contribution in [2.45, 2.75) is 26.7 Å². The van der Waals surface area contributed by atoms with Gasteiger partial charge in [0.25, 0.3) is 0 Å². The Kier molecular flexibility index (Phi) is 5.91. The van der Waals surface area contributed by atoms with Crippen molar-refractivity contribution in [1.82, 2.24) is 0 Å². The predicted octanol–water partition coefficient (Wildman–Crippen LogP) is 2.36. The normalized spacial score (nSPS) is 9.89. The van der Waals surface area contributed by atoms with Crippen molar-refractivity contribution in [2.24, 2.45) is 0 Å². The van der Waals surface area contributed by atoms with Crippen molar-refractivity contribution in [1.29, 1.82) is 0 Å². The maximum absolute atomic E-state index is 11.7. The molecular formula is C14H18O4. The highest BCUT2D eigenvalue weighted by molar-refractivity contribution is 5.91. The minimum Gasteiger partial charge on any atom is -0.466 e. The molecule has 0 aliphatic carbocycles. The van der Waals surface area contributed by atoms with Gasteiger partial charge in [0.1, 0.15) is 0 Å². The average Bonchev–Trinajstić information content (AvgIpc) is 2.37. The van der Waals surface area contributed by atoms with Crippen LogP contribution in [0.2, 0.25) is 0 Å². The summed E-state index contributed by atoms with van der Waals surface area (Å²) in [6, 6.07) is 7.15. The molecule has 0 atom stereocenters. The molecule has 0 amide bonds. The molecule has 1 rings (SSSR count). The van der Waals surface area contributed by atoms with Gasteiger partial charge in [-0.1, -0.05) is 18.2 Å². The SMILES string of the molecule is CCOC(=O)CCc1ccccc1C(=O)OCC. The van der Waals surface area contributed by atoms with Gasteiger partial charge in [-0.2, -0.15) is 0 Å². The number of rotatable bonds is 6. The molecule has 0 N–H and O–H groups in total. The van der Waals surface area contributed by atoms with Crippen LogP contribution in [0.25, 0.3) is 0 Å². The molecule has 0 aromatic heterocycles. The van der Waals surface area contributed by atoms with E-state index in [0.717, 1.165) is 5.56 Å². The smallest absolute Gasteiger partial charge is 0.338 e. The Hall–Kier alpha value is -1.84. The van der Waals surface area contributed by atoms with Gasteiger partial charge in [0, 0.05) is 6.42 Å². The number of carbonyl (C=O) groups excluding carboxylic acids is 2. The first-order valence-electron chi connectivity index (χ1n) is 6.09. The fourth-order valence-electron chi connectivity index (χ4n) is 1.62. The largest absolute Gasteiger partial charge is 0.466 e. The highest BCUT2D eigenvalue weighted by atomic mass is 16.5. The van der Waals surface area contributed by atoms with Crippen LogP contribution in [0.4, 0.5) is 0 Å². The molecule has 0 aliphatic rings. The van der Waals surface area contributed by atoms with Gasteiger partial charge in [0.2, 0.25) is 0 Å². The van der Waals surface area contributed by atoms with Crippen molar-refractivity contribution in [3.8, 4) is 0 Å². The first kappa shape index (κ1) is 14.2. The van der Waals surface area contributed by atoms with Crippen LogP contribution in [0, 0.1) is 0 Å². The summed E-state index contributed by atoms with van der Waals surface area (Å²) in [6.07, 6.45) is 0.748. The number of benzene rings is 1. The number of hydrogen-bond acceptors (Lipinski definition) is 4. The molecule has 0 heterocycles. The molecule has 0 fully saturated rings. The molecule has 0 saturated heterocycles. The summed E-state index contributed by atoms with van der Waals surface area (Å²) >= 11 is 0. The van der Waals surface area contributed by atoms with Crippen molar-refractivity contribution in [2.75, 3.05) is 13.2 Å². The van der Waals surface area contributed by atoms with Gasteiger partial charge >= 0.3 is 11.9 Å². The van der Waals surface area contributed by atoms with Crippen LogP contribution < -0.4 is 0 Å². The first-order chi connectivity index (χ1) is 8.69. The summed E-state index contributed by atoms with van der Waals surface area (Å²) in [6.45, 7) is 4.24. The van der Waals surface area contributed by atoms with Crippen LogP contribution >= 0.6 is 0 Å². The van der Waals surface area contributed by atoms with Gasteiger partial charge in [0.15, 0.2) is 0 Å². The average molecular weight is 250 g/mol. The minimum absolute atomic E-state index is 0.254. The van der Waals surface area contributed by atoms with Gasteiger partial charge in [0.05, 0.1) is 18.8 Å². The maximum Gasteiger partial charge on any atom is 0.338 e. The topological polar surface area (TPSA) is 52.6 Å². The van der Waals surface area contributed by atoms with Crippen molar-refractivity contribution in [3.63, 3.8) is 0 Å². The molecule has 0 unspecified atom stereocenters. The van der Waals surface area contributed by atoms with E-state index in [-0.39, 0.29) is 18.4 Å². The van der Waals surface area contributed by atoms with Crippen molar-refractivity contribution in [3.05, 3.63) is 35.4 Å². The van der Waals surface area contributed by atoms with Crippen LogP contribution in [0.15, 0.2) is 24.3 Å². The van der Waals surface area contributed by atoms with Gasteiger partial charge in [-0.3, -0.25) is 4.79 Å². The highest BCUT2D eigenvalue weighted by Crippen LogP contribution is 2.13. The van der Waals surface area contributed by atoms with Crippen LogP contribution in [-0.4, -0.2) is 25.2 Å². The van der Waals surface area contributed by atoms with Crippen LogP contribution in [0.3, 0.4) is 0 Å². The van der Waals surface area contributed by atoms with Crippen LogP contribution in [0.5, 0.6) is 0 Å². The third-order valence-corrected chi connectivity index (χ3v) is 2.42. The summed E-state index contributed by atoms with van der Waals surface area (Å²) in [4.78, 5) is 23.0. The van der Waals surface area contributed by atoms with Gasteiger partial charge in [-0.15, -0.1) is 0 Å². The molecule has 0 aliphatic heterocycles. The third kappa shape index (κ3) is 4.20. The molecule has 4 heteroatoms. The number of esters is 2. The lowest BCUT2D eigenvalue weighted by Crippen LogP contribution is -2.10. The summed E-state index contributed by atoms with van der Waals surface area (Å²) in [5.74, 6) is -0.604. The van der Waals surface area contributed by atoms with E-state index in [2.05, 4.69) is 0 Å². The molecule has 98 valence electrons. The Labute approximate surface area is 107 Å². The Balaban J connectivity index is 2.70. The summed E-state index contributed by atoms with van der Waals surface area (Å²) in [7, 11) is 0. The maximum atomic E-state index is 11.7. The fraction of sp³-hybridized carbons (Fsp3) is 0.429. The molecular weight excluding hydrogens is 232 g/mol. The number of aryl methyl sites for hydroxylation is 1. The van der Waals surface area contributed by atoms with E-state index in [4.69, 9.17) is 9.47 Å². The zero-order chi connectivity index (χ0) is 13.4. The van der Waals surface area contributed by atoms with E-state index in [0.29, 0.717) is 25.2 Å². The molecule has 0 radical (unpaired) electrons. The van der Waals surface area contributed by atoms with Crippen LogP contribution in [-0.2, 0) is 20.7 Å². The molecule has 0 saturated carbocycles. The predicted molar refractivity (Wildman–Crippen MR) is 67.4 cm³/mol. The Morgan fingerprint density at radius 2 is 1.72 bits per heavy atom. The first-order valence-corrected chi connectivity index (χ1v) is 6.09. The lowest BCUT2D eigenvalue weighted by Gasteiger charge is -2.08. The lowest BCUT2D eigenvalue weighted by atomic mass is 10.0. The summed E-state index contributed by atoms with van der Waals surface area (Å²) in [5, 5.41) is 0. The summed E-state index contributed by atoms with van der Waals surface area (Å²) in [5.41, 5.74) is 1.33. The molecule has 4 nitrogen and oxygen atoms in total. The van der Waals surface area contributed by atoms with E-state index >= 15 is 0 Å². The Morgan fingerprint density at radius 3 is 2.39 bits per heavy atom. The van der Waals surface area contributed by atoms with E-state index in [1.165, 1.54) is 0 Å². The van der Waals surface area contributed by atoms with Crippen molar-refractivity contribution < 1.29 is 19.1 Å².